The molecule has 1 aromatic heterocycles. The fourth-order valence-corrected chi connectivity index (χ4v) is 4.53. The summed E-state index contributed by atoms with van der Waals surface area (Å²) in [6, 6.07) is 2.85. The van der Waals surface area contributed by atoms with Crippen molar-refractivity contribution in [3.8, 4) is 11.5 Å². The molecule has 2 saturated heterocycles. The minimum atomic E-state index is -4.60. The van der Waals surface area contributed by atoms with Crippen molar-refractivity contribution in [2.75, 3.05) is 37.6 Å². The van der Waals surface area contributed by atoms with Gasteiger partial charge in [-0.1, -0.05) is 6.07 Å². The van der Waals surface area contributed by atoms with Crippen LogP contribution in [0.25, 0.3) is 0 Å². The average molecular weight is 481 g/mol. The zero-order valence-electron chi connectivity index (χ0n) is 19.0. The molecule has 0 bridgehead atoms. The Morgan fingerprint density at radius 1 is 1.26 bits per heavy atom. The first-order valence-corrected chi connectivity index (χ1v) is 11.2. The molecule has 4 rings (SSSR count). The number of rotatable bonds is 6. The second kappa shape index (κ2) is 9.36. The molecule has 2 aliphatic rings. The summed E-state index contributed by atoms with van der Waals surface area (Å²) in [5, 5.41) is 3.34. The third kappa shape index (κ3) is 5.08. The Morgan fingerprint density at radius 2 is 1.97 bits per heavy atom. The van der Waals surface area contributed by atoms with Crippen molar-refractivity contribution in [3.63, 3.8) is 0 Å². The summed E-state index contributed by atoms with van der Waals surface area (Å²) in [6.45, 7) is 4.90. The summed E-state index contributed by atoms with van der Waals surface area (Å²) in [6.07, 6.45) is 0.206. The van der Waals surface area contributed by atoms with Gasteiger partial charge in [-0.3, -0.25) is 4.79 Å². The summed E-state index contributed by atoms with van der Waals surface area (Å²) in [7, 11) is 0. The van der Waals surface area contributed by atoms with Crippen molar-refractivity contribution in [1.82, 2.24) is 20.2 Å². The molecule has 1 amide bonds. The van der Waals surface area contributed by atoms with Gasteiger partial charge in [0.15, 0.2) is 23.1 Å². The van der Waals surface area contributed by atoms with Crippen LogP contribution in [0, 0.1) is 11.2 Å². The Hall–Kier alpha value is -2.95. The molecule has 3 heterocycles. The van der Waals surface area contributed by atoms with E-state index in [4.69, 9.17) is 4.74 Å². The normalized spacial score (nSPS) is 17.6. The first-order chi connectivity index (χ1) is 16.1. The van der Waals surface area contributed by atoms with Crippen molar-refractivity contribution < 1.29 is 27.1 Å². The first-order valence-electron chi connectivity index (χ1n) is 11.2. The number of benzene rings is 1. The molecule has 0 saturated carbocycles. The SMILES string of the molecule is CC(C)N(CC(F)(F)F)C(=O)c1cccc(F)c1Oc1cncnc1N1CC2(CCNCC2)C1. The number of aromatic nitrogens is 2. The number of anilines is 1. The van der Waals surface area contributed by atoms with E-state index in [1.165, 1.54) is 38.5 Å². The molecule has 34 heavy (non-hydrogen) atoms. The molecule has 1 spiro atoms. The number of nitrogens with zero attached hydrogens (tertiary/aromatic N) is 4. The Kier molecular flexibility index (Phi) is 6.66. The zero-order valence-corrected chi connectivity index (χ0v) is 19.0. The molecule has 1 N–H and O–H groups in total. The fraction of sp³-hybridized carbons (Fsp3) is 0.522. The Balaban J connectivity index is 1.61. The highest BCUT2D eigenvalue weighted by atomic mass is 19.4. The number of hydrogen-bond acceptors (Lipinski definition) is 6. The maximum atomic E-state index is 14.8. The highest BCUT2D eigenvalue weighted by molar-refractivity contribution is 5.97. The molecule has 0 aliphatic carbocycles. The Labute approximate surface area is 195 Å². The van der Waals surface area contributed by atoms with Gasteiger partial charge in [-0.05, 0) is 51.9 Å². The summed E-state index contributed by atoms with van der Waals surface area (Å²) in [4.78, 5) is 24.0. The van der Waals surface area contributed by atoms with Gasteiger partial charge in [0.25, 0.3) is 5.91 Å². The van der Waals surface area contributed by atoms with Crippen LogP contribution in [0.3, 0.4) is 0 Å². The van der Waals surface area contributed by atoms with Crippen LogP contribution in [0.5, 0.6) is 11.5 Å². The predicted octanol–water partition coefficient (Wildman–Crippen LogP) is 4.01. The summed E-state index contributed by atoms with van der Waals surface area (Å²) >= 11 is 0. The van der Waals surface area contributed by atoms with Gasteiger partial charge in [0.05, 0.1) is 11.8 Å². The number of amides is 1. The molecule has 184 valence electrons. The van der Waals surface area contributed by atoms with E-state index in [1.54, 1.807) is 0 Å². The van der Waals surface area contributed by atoms with Crippen molar-refractivity contribution >= 4 is 11.7 Å². The van der Waals surface area contributed by atoms with Crippen LogP contribution in [0.4, 0.5) is 23.4 Å². The van der Waals surface area contributed by atoms with E-state index < -0.39 is 36.2 Å². The summed E-state index contributed by atoms with van der Waals surface area (Å²) in [5.74, 6) is -1.70. The van der Waals surface area contributed by atoms with Gasteiger partial charge in [0.1, 0.15) is 12.9 Å². The number of ether oxygens (including phenoxy) is 1. The lowest BCUT2D eigenvalue weighted by Crippen LogP contribution is -2.60. The molecular weight excluding hydrogens is 454 g/mol. The number of alkyl halides is 3. The van der Waals surface area contributed by atoms with Crippen molar-refractivity contribution in [2.45, 2.75) is 38.9 Å². The van der Waals surface area contributed by atoms with E-state index in [0.717, 1.165) is 45.1 Å². The van der Waals surface area contributed by atoms with Gasteiger partial charge in [-0.2, -0.15) is 13.2 Å². The van der Waals surface area contributed by atoms with E-state index in [1.807, 2.05) is 4.90 Å². The third-order valence-electron chi connectivity index (χ3n) is 6.32. The van der Waals surface area contributed by atoms with Crippen LogP contribution < -0.4 is 15.0 Å². The van der Waals surface area contributed by atoms with Crippen LogP contribution in [0.2, 0.25) is 0 Å². The smallest absolute Gasteiger partial charge is 0.406 e. The molecule has 2 aromatic rings. The standard InChI is InChI=1S/C23H27F4N5O2/c1-15(2)32(13-23(25,26)27)21(33)16-4-3-5-17(24)19(16)34-18-10-29-14-30-20(18)31-11-22(12-31)6-8-28-9-7-22/h3-5,10,14-15,28H,6-9,11-13H2,1-2H3. The van der Waals surface area contributed by atoms with E-state index in [9.17, 15) is 22.4 Å². The van der Waals surface area contributed by atoms with Crippen LogP contribution in [0.1, 0.15) is 37.0 Å². The predicted molar refractivity (Wildman–Crippen MR) is 117 cm³/mol. The fourth-order valence-electron chi connectivity index (χ4n) is 4.53. The molecule has 2 fully saturated rings. The summed E-state index contributed by atoms with van der Waals surface area (Å²) in [5.41, 5.74) is -0.103. The Bertz CT molecular complexity index is 1030. The number of piperidine rings is 1. The molecule has 0 atom stereocenters. The second-order valence-corrected chi connectivity index (χ2v) is 9.18. The van der Waals surface area contributed by atoms with Gasteiger partial charge in [0.2, 0.25) is 0 Å². The second-order valence-electron chi connectivity index (χ2n) is 9.18. The maximum Gasteiger partial charge on any atom is 0.406 e. The molecule has 1 aromatic carbocycles. The van der Waals surface area contributed by atoms with Crippen molar-refractivity contribution in [2.24, 2.45) is 5.41 Å². The average Bonchev–Trinajstić information content (AvgIpc) is 2.77. The van der Waals surface area contributed by atoms with E-state index in [0.29, 0.717) is 10.7 Å². The number of carbonyl (C=O) groups is 1. The third-order valence-corrected chi connectivity index (χ3v) is 6.32. The van der Waals surface area contributed by atoms with Crippen LogP contribution in [-0.4, -0.2) is 65.7 Å². The van der Waals surface area contributed by atoms with Gasteiger partial charge in [-0.15, -0.1) is 0 Å². The topological polar surface area (TPSA) is 70.6 Å². The number of carbonyl (C=O) groups excluding carboxylic acids is 1. The molecule has 2 aliphatic heterocycles. The van der Waals surface area contributed by atoms with Crippen molar-refractivity contribution in [3.05, 3.63) is 42.1 Å². The number of nitrogens with one attached hydrogen (secondary N) is 1. The monoisotopic (exact) mass is 481 g/mol. The highest BCUT2D eigenvalue weighted by Gasteiger charge is 2.45. The molecule has 7 nitrogen and oxygen atoms in total. The summed E-state index contributed by atoms with van der Waals surface area (Å²) < 4.78 is 59.9. The zero-order chi connectivity index (χ0) is 24.5. The van der Waals surface area contributed by atoms with E-state index >= 15 is 0 Å². The first kappa shape index (κ1) is 24.2. The van der Waals surface area contributed by atoms with Crippen LogP contribution in [0.15, 0.2) is 30.7 Å². The lowest BCUT2D eigenvalue weighted by atomic mass is 9.72. The minimum absolute atomic E-state index is 0.136. The number of para-hydroxylation sites is 1. The molecular formula is C23H27F4N5O2. The lowest BCUT2D eigenvalue weighted by Gasteiger charge is -2.53. The minimum Gasteiger partial charge on any atom is -0.448 e. The van der Waals surface area contributed by atoms with E-state index in [2.05, 4.69) is 15.3 Å². The van der Waals surface area contributed by atoms with Crippen LogP contribution >= 0.6 is 0 Å². The largest absolute Gasteiger partial charge is 0.448 e. The molecule has 0 radical (unpaired) electrons. The number of halogens is 4. The quantitative estimate of drug-likeness (QED) is 0.629. The molecule has 0 unspecified atom stereocenters. The van der Waals surface area contributed by atoms with Crippen LogP contribution in [-0.2, 0) is 0 Å². The Morgan fingerprint density at radius 3 is 2.62 bits per heavy atom. The molecule has 11 heteroatoms. The van der Waals surface area contributed by atoms with E-state index in [-0.39, 0.29) is 16.7 Å². The van der Waals surface area contributed by atoms with Crippen molar-refractivity contribution in [1.29, 1.82) is 0 Å². The van der Waals surface area contributed by atoms with Gasteiger partial charge in [0, 0.05) is 24.5 Å². The lowest BCUT2D eigenvalue weighted by molar-refractivity contribution is -0.143. The van der Waals surface area contributed by atoms with Gasteiger partial charge >= 0.3 is 6.18 Å². The highest BCUT2D eigenvalue weighted by Crippen LogP contribution is 2.44. The van der Waals surface area contributed by atoms with Gasteiger partial charge < -0.3 is 19.9 Å². The number of hydrogen-bond donors (Lipinski definition) is 1. The van der Waals surface area contributed by atoms with Gasteiger partial charge in [-0.25, -0.2) is 14.4 Å². The maximum absolute atomic E-state index is 14.8.